The number of piperazine rings is 1. The number of carbonyl (C=O) groups excluding carboxylic acids is 4. The standard InChI is InChI=1S/C27H40N4O3.C11H15N3O/c1-28-23-13-15-24(16-14-23)30-17-6-4-5-9-21-10-7-11-22(20-33)25(21)19-31(3)26(12-8-18-32)27(34)29-2;12-10-1-3-11(4-2-10)14-7-5-13(9-15)6-8-14/h7,10-11,18,20,23-24,26,28,30H,4,6,8,12-17,19H2,1-3H3,(H,29,34);1-4,9H,5-8,12H2. The predicted molar refractivity (Wildman–Crippen MR) is 196 cm³/mol. The van der Waals surface area contributed by atoms with Crippen LogP contribution in [0.4, 0.5) is 11.4 Å². The Morgan fingerprint density at radius 3 is 2.31 bits per heavy atom. The van der Waals surface area contributed by atoms with E-state index in [0.29, 0.717) is 37.0 Å². The van der Waals surface area contributed by atoms with Crippen LogP contribution in [0.1, 0.15) is 72.9 Å². The van der Waals surface area contributed by atoms with Crippen molar-refractivity contribution in [3.8, 4) is 11.8 Å². The zero-order chi connectivity index (χ0) is 35.4. The van der Waals surface area contributed by atoms with Crippen molar-refractivity contribution in [3.05, 3.63) is 59.2 Å². The van der Waals surface area contributed by atoms with E-state index in [9.17, 15) is 19.2 Å². The molecule has 2 aromatic rings. The van der Waals surface area contributed by atoms with Crippen molar-refractivity contribution in [3.63, 3.8) is 0 Å². The Hall–Kier alpha value is -4.24. The summed E-state index contributed by atoms with van der Waals surface area (Å²) in [6.07, 6.45) is 9.95. The molecule has 1 saturated carbocycles. The number of benzene rings is 2. The monoisotopic (exact) mass is 673 g/mol. The largest absolute Gasteiger partial charge is 0.399 e. The van der Waals surface area contributed by atoms with Gasteiger partial charge in [0, 0.05) is 87.2 Å². The van der Waals surface area contributed by atoms with E-state index in [0.717, 1.165) is 81.4 Å². The first kappa shape index (κ1) is 39.2. The molecule has 4 rings (SSSR count). The summed E-state index contributed by atoms with van der Waals surface area (Å²) in [4.78, 5) is 51.3. The lowest BCUT2D eigenvalue weighted by Crippen LogP contribution is -2.45. The second-order valence-electron chi connectivity index (χ2n) is 12.7. The molecule has 5 N–H and O–H groups in total. The Balaban J connectivity index is 0.000000357. The number of aldehydes is 2. The molecular weight excluding hydrogens is 618 g/mol. The van der Waals surface area contributed by atoms with Crippen molar-refractivity contribution in [2.75, 3.05) is 64.5 Å². The number of nitrogens with zero attached hydrogens (tertiary/aromatic N) is 3. The van der Waals surface area contributed by atoms with Crippen LogP contribution in [-0.4, -0.2) is 107 Å². The van der Waals surface area contributed by atoms with Gasteiger partial charge >= 0.3 is 0 Å². The summed E-state index contributed by atoms with van der Waals surface area (Å²) in [7, 11) is 5.46. The number of nitrogens with one attached hydrogen (secondary N) is 3. The molecule has 2 aliphatic rings. The third-order valence-corrected chi connectivity index (χ3v) is 9.38. The van der Waals surface area contributed by atoms with E-state index in [4.69, 9.17) is 5.73 Å². The maximum Gasteiger partial charge on any atom is 0.237 e. The van der Waals surface area contributed by atoms with Crippen molar-refractivity contribution in [2.24, 2.45) is 0 Å². The van der Waals surface area contributed by atoms with E-state index in [1.54, 1.807) is 18.0 Å². The third kappa shape index (κ3) is 13.0. The van der Waals surface area contributed by atoms with Crippen LogP contribution in [0.3, 0.4) is 0 Å². The Bertz CT molecular complexity index is 1370. The lowest BCUT2D eigenvalue weighted by molar-refractivity contribution is -0.126. The molecule has 266 valence electrons. The molecule has 0 aromatic heterocycles. The molecule has 1 saturated heterocycles. The van der Waals surface area contributed by atoms with Gasteiger partial charge in [0.15, 0.2) is 0 Å². The number of hydrogen-bond acceptors (Lipinski definition) is 9. The molecule has 1 unspecified atom stereocenters. The highest BCUT2D eigenvalue weighted by Gasteiger charge is 2.23. The molecular formula is C38H55N7O4. The SMILES string of the molecule is CNC(=O)C(CCC=O)N(C)Cc1c(C#CCCCNC2CCC(NC)CC2)cccc1C=O.Nc1ccc(N2CCN(C=O)CC2)cc1. The van der Waals surface area contributed by atoms with Crippen LogP contribution in [0, 0.1) is 11.8 Å². The van der Waals surface area contributed by atoms with Crippen LogP contribution >= 0.6 is 0 Å². The fourth-order valence-electron chi connectivity index (χ4n) is 6.31. The third-order valence-electron chi connectivity index (χ3n) is 9.38. The van der Waals surface area contributed by atoms with Gasteiger partial charge in [-0.2, -0.15) is 0 Å². The van der Waals surface area contributed by atoms with Crippen molar-refractivity contribution < 1.29 is 19.2 Å². The number of anilines is 2. The van der Waals surface area contributed by atoms with Gasteiger partial charge in [0.2, 0.25) is 12.3 Å². The molecule has 11 nitrogen and oxygen atoms in total. The van der Waals surface area contributed by atoms with Crippen LogP contribution in [-0.2, 0) is 20.9 Å². The maximum atomic E-state index is 12.3. The van der Waals surface area contributed by atoms with Crippen LogP contribution < -0.4 is 26.6 Å². The summed E-state index contributed by atoms with van der Waals surface area (Å²) in [5, 5.41) is 9.69. The van der Waals surface area contributed by atoms with Crippen LogP contribution in [0.5, 0.6) is 0 Å². The van der Waals surface area contributed by atoms with Gasteiger partial charge in [-0.1, -0.05) is 24.0 Å². The topological polar surface area (TPSA) is 140 Å². The van der Waals surface area contributed by atoms with Crippen LogP contribution in [0.15, 0.2) is 42.5 Å². The van der Waals surface area contributed by atoms with E-state index < -0.39 is 6.04 Å². The molecule has 1 atom stereocenters. The first-order chi connectivity index (χ1) is 23.8. The first-order valence-electron chi connectivity index (χ1n) is 17.4. The zero-order valence-corrected chi connectivity index (χ0v) is 29.5. The average Bonchev–Trinajstić information content (AvgIpc) is 3.14. The van der Waals surface area contributed by atoms with Gasteiger partial charge in [-0.05, 0) is 95.1 Å². The minimum Gasteiger partial charge on any atom is -0.399 e. The number of nitrogens with two attached hydrogens (primary N) is 1. The maximum absolute atomic E-state index is 12.3. The summed E-state index contributed by atoms with van der Waals surface area (Å²) in [6.45, 7) is 4.73. The number of unbranched alkanes of at least 4 members (excludes halogenated alkanes) is 1. The van der Waals surface area contributed by atoms with Gasteiger partial charge in [0.25, 0.3) is 0 Å². The summed E-state index contributed by atoms with van der Waals surface area (Å²) < 4.78 is 0. The Morgan fingerprint density at radius 2 is 1.69 bits per heavy atom. The van der Waals surface area contributed by atoms with Crippen LogP contribution in [0.2, 0.25) is 0 Å². The van der Waals surface area contributed by atoms with E-state index in [-0.39, 0.29) is 5.91 Å². The molecule has 1 aliphatic heterocycles. The molecule has 0 bridgehead atoms. The Labute approximate surface area is 292 Å². The molecule has 0 spiro atoms. The van der Waals surface area contributed by atoms with Crippen molar-refractivity contribution in [1.29, 1.82) is 0 Å². The normalized spacial score (nSPS) is 18.0. The molecule has 49 heavy (non-hydrogen) atoms. The highest BCUT2D eigenvalue weighted by Crippen LogP contribution is 2.20. The Kier molecular flexibility index (Phi) is 17.3. The second-order valence-corrected chi connectivity index (χ2v) is 12.7. The van der Waals surface area contributed by atoms with Gasteiger partial charge in [-0.3, -0.25) is 19.3 Å². The van der Waals surface area contributed by atoms with Gasteiger partial charge in [-0.25, -0.2) is 0 Å². The summed E-state index contributed by atoms with van der Waals surface area (Å²) >= 11 is 0. The molecule has 1 heterocycles. The fraction of sp³-hybridized carbons (Fsp3) is 0.526. The number of rotatable bonds is 15. The van der Waals surface area contributed by atoms with Crippen LogP contribution in [0.25, 0.3) is 0 Å². The highest BCUT2D eigenvalue weighted by molar-refractivity contribution is 5.82. The minimum absolute atomic E-state index is 0.146. The van der Waals surface area contributed by atoms with Crippen molar-refractivity contribution >= 4 is 36.3 Å². The molecule has 2 fully saturated rings. The van der Waals surface area contributed by atoms with Gasteiger partial charge < -0.3 is 36.3 Å². The quantitative estimate of drug-likeness (QED) is 0.0973. The van der Waals surface area contributed by atoms with E-state index in [1.165, 1.54) is 31.4 Å². The number of amides is 2. The molecule has 11 heteroatoms. The number of carbonyl (C=O) groups is 4. The Morgan fingerprint density at radius 1 is 1.00 bits per heavy atom. The van der Waals surface area contributed by atoms with Gasteiger partial charge in [0.05, 0.1) is 6.04 Å². The van der Waals surface area contributed by atoms with E-state index in [2.05, 4.69) is 32.7 Å². The predicted octanol–water partition coefficient (Wildman–Crippen LogP) is 2.82. The second kappa shape index (κ2) is 21.7. The lowest BCUT2D eigenvalue weighted by Gasteiger charge is -2.34. The molecule has 1 aliphatic carbocycles. The number of nitrogen functional groups attached to an aromatic ring is 1. The number of hydrogen-bond donors (Lipinski definition) is 4. The fourth-order valence-corrected chi connectivity index (χ4v) is 6.31. The summed E-state index contributed by atoms with van der Waals surface area (Å²) in [5.41, 5.74) is 9.78. The van der Waals surface area contributed by atoms with E-state index >= 15 is 0 Å². The minimum atomic E-state index is -0.454. The van der Waals surface area contributed by atoms with Gasteiger partial charge in [0.1, 0.15) is 12.6 Å². The molecule has 0 radical (unpaired) electrons. The average molecular weight is 674 g/mol. The van der Waals surface area contributed by atoms with E-state index in [1.807, 2.05) is 55.4 Å². The smallest absolute Gasteiger partial charge is 0.237 e. The van der Waals surface area contributed by atoms with Crippen molar-refractivity contribution in [2.45, 2.75) is 76.0 Å². The number of likely N-dealkylation sites (N-methyl/N-ethyl adjacent to an activating group) is 2. The zero-order valence-electron chi connectivity index (χ0n) is 29.5. The summed E-state index contributed by atoms with van der Waals surface area (Å²) in [6, 6.07) is 14.2. The summed E-state index contributed by atoms with van der Waals surface area (Å²) in [5.74, 6) is 6.35. The highest BCUT2D eigenvalue weighted by atomic mass is 16.2. The molecule has 2 aromatic carbocycles. The van der Waals surface area contributed by atoms with Crippen molar-refractivity contribution in [1.82, 2.24) is 25.8 Å². The van der Waals surface area contributed by atoms with Gasteiger partial charge in [-0.15, -0.1) is 0 Å². The molecule has 2 amide bonds. The first-order valence-corrected chi connectivity index (χ1v) is 17.4. The lowest BCUT2D eigenvalue weighted by atomic mass is 9.91.